The molecule has 3 N–H and O–H groups in total. The predicted octanol–water partition coefficient (Wildman–Crippen LogP) is 3.63. The Hall–Kier alpha value is -2.44. The molecule has 5 nitrogen and oxygen atoms in total. The number of carbonyl (C=O) groups excluding carboxylic acids is 1. The van der Waals surface area contributed by atoms with E-state index in [0.29, 0.717) is 17.3 Å². The number of hydrogen-bond acceptors (Lipinski definition) is 4. The molecule has 1 saturated carbocycles. The Bertz CT molecular complexity index is 986. The second-order valence-electron chi connectivity index (χ2n) is 7.58. The number of hydrogen-bond donors (Lipinski definition) is 2. The lowest BCUT2D eigenvalue weighted by atomic mass is 10.0. The molecule has 0 spiro atoms. The van der Waals surface area contributed by atoms with E-state index in [1.54, 1.807) is 0 Å². The molecule has 0 aliphatic heterocycles. The molecule has 1 aliphatic carbocycles. The Kier molecular flexibility index (Phi) is 5.33. The van der Waals surface area contributed by atoms with Crippen LogP contribution >= 0.6 is 11.3 Å². The van der Waals surface area contributed by atoms with Crippen molar-refractivity contribution in [2.45, 2.75) is 38.1 Å². The zero-order valence-corrected chi connectivity index (χ0v) is 17.1. The summed E-state index contributed by atoms with van der Waals surface area (Å²) in [6, 6.07) is 10.1. The molecule has 0 bridgehead atoms. The molecular weight excluding hydrogens is 368 g/mol. The first kappa shape index (κ1) is 18.9. The highest BCUT2D eigenvalue weighted by molar-refractivity contribution is 7.12. The maximum Gasteiger partial charge on any atom is 0.261 e. The van der Waals surface area contributed by atoms with E-state index in [1.165, 1.54) is 40.9 Å². The SMILES string of the molecule is Cc1ccccc1C[C@@H](CN)NC(=O)c1cc(-c2c(C3CC3)cnn2C)cs1. The van der Waals surface area contributed by atoms with Gasteiger partial charge in [-0.05, 0) is 49.3 Å². The van der Waals surface area contributed by atoms with E-state index in [2.05, 4.69) is 34.9 Å². The number of carbonyl (C=O) groups is 1. The van der Waals surface area contributed by atoms with Gasteiger partial charge in [-0.25, -0.2) is 0 Å². The number of thiophene rings is 1. The molecule has 6 heteroatoms. The zero-order valence-electron chi connectivity index (χ0n) is 16.3. The van der Waals surface area contributed by atoms with Crippen molar-refractivity contribution in [3.8, 4) is 11.3 Å². The van der Waals surface area contributed by atoms with Crippen LogP contribution in [-0.2, 0) is 13.5 Å². The van der Waals surface area contributed by atoms with E-state index in [4.69, 9.17) is 5.73 Å². The highest BCUT2D eigenvalue weighted by Gasteiger charge is 2.29. The van der Waals surface area contributed by atoms with Crippen molar-refractivity contribution in [1.29, 1.82) is 0 Å². The number of benzene rings is 1. The number of rotatable bonds is 7. The highest BCUT2D eigenvalue weighted by Crippen LogP contribution is 2.44. The van der Waals surface area contributed by atoms with Crippen LogP contribution in [0.15, 0.2) is 41.9 Å². The van der Waals surface area contributed by atoms with Crippen molar-refractivity contribution in [3.05, 3.63) is 63.5 Å². The molecule has 146 valence electrons. The van der Waals surface area contributed by atoms with Gasteiger partial charge < -0.3 is 11.1 Å². The van der Waals surface area contributed by atoms with Crippen molar-refractivity contribution >= 4 is 17.2 Å². The van der Waals surface area contributed by atoms with E-state index in [0.717, 1.165) is 17.7 Å². The van der Waals surface area contributed by atoms with Crippen molar-refractivity contribution in [1.82, 2.24) is 15.1 Å². The quantitative estimate of drug-likeness (QED) is 0.643. The van der Waals surface area contributed by atoms with Crippen LogP contribution < -0.4 is 11.1 Å². The van der Waals surface area contributed by atoms with E-state index in [9.17, 15) is 4.79 Å². The average molecular weight is 395 g/mol. The van der Waals surface area contributed by atoms with Crippen molar-refractivity contribution in [2.24, 2.45) is 12.8 Å². The van der Waals surface area contributed by atoms with E-state index < -0.39 is 0 Å². The van der Waals surface area contributed by atoms with Crippen LogP contribution in [0.1, 0.15) is 45.1 Å². The van der Waals surface area contributed by atoms with Gasteiger partial charge in [0.2, 0.25) is 0 Å². The van der Waals surface area contributed by atoms with E-state index in [-0.39, 0.29) is 11.9 Å². The van der Waals surface area contributed by atoms with Crippen LogP contribution in [0.5, 0.6) is 0 Å². The Morgan fingerprint density at radius 1 is 1.39 bits per heavy atom. The predicted molar refractivity (Wildman–Crippen MR) is 114 cm³/mol. The second kappa shape index (κ2) is 7.89. The number of amides is 1. The smallest absolute Gasteiger partial charge is 0.261 e. The van der Waals surface area contributed by atoms with Crippen LogP contribution in [0.3, 0.4) is 0 Å². The first-order chi connectivity index (χ1) is 13.6. The fraction of sp³-hybridized carbons (Fsp3) is 0.364. The molecule has 1 atom stereocenters. The fourth-order valence-electron chi connectivity index (χ4n) is 3.63. The summed E-state index contributed by atoms with van der Waals surface area (Å²) >= 11 is 1.47. The summed E-state index contributed by atoms with van der Waals surface area (Å²) in [6.07, 6.45) is 5.16. The summed E-state index contributed by atoms with van der Waals surface area (Å²) < 4.78 is 1.91. The van der Waals surface area contributed by atoms with Gasteiger partial charge in [-0.1, -0.05) is 24.3 Å². The summed E-state index contributed by atoms with van der Waals surface area (Å²) in [5, 5.41) is 9.59. The van der Waals surface area contributed by atoms with Crippen molar-refractivity contribution < 1.29 is 4.79 Å². The standard InChI is InChI=1S/C22H26N4OS/c1-14-5-3-4-6-16(14)9-18(11-23)25-22(27)20-10-17(13-28-20)21-19(15-7-8-15)12-24-26(21)2/h3-6,10,12-13,15,18H,7-9,11,23H2,1-2H3,(H,25,27)/t18-/m0/s1. The Balaban J connectivity index is 1.48. The molecule has 0 radical (unpaired) electrons. The number of nitrogens with two attached hydrogens (primary N) is 1. The van der Waals surface area contributed by atoms with Crippen LogP contribution in [-0.4, -0.2) is 28.3 Å². The average Bonchev–Trinajstić information content (AvgIpc) is 3.29. The second-order valence-corrected chi connectivity index (χ2v) is 8.49. The monoisotopic (exact) mass is 394 g/mol. The van der Waals surface area contributed by atoms with Gasteiger partial charge in [0.05, 0.1) is 16.8 Å². The minimum atomic E-state index is -0.0853. The van der Waals surface area contributed by atoms with Crippen LogP contribution in [0.4, 0.5) is 0 Å². The van der Waals surface area contributed by atoms with Gasteiger partial charge in [0.15, 0.2) is 0 Å². The molecule has 0 unspecified atom stereocenters. The summed E-state index contributed by atoms with van der Waals surface area (Å²) in [4.78, 5) is 13.5. The molecule has 2 aromatic heterocycles. The lowest BCUT2D eigenvalue weighted by molar-refractivity contribution is 0.0942. The van der Waals surface area contributed by atoms with Crippen molar-refractivity contribution in [3.63, 3.8) is 0 Å². The summed E-state index contributed by atoms with van der Waals surface area (Å²) in [7, 11) is 1.96. The maximum atomic E-state index is 12.8. The lowest BCUT2D eigenvalue weighted by Gasteiger charge is -2.17. The van der Waals surface area contributed by atoms with Crippen LogP contribution in [0, 0.1) is 6.92 Å². The van der Waals surface area contributed by atoms with Crippen LogP contribution in [0.25, 0.3) is 11.3 Å². The zero-order chi connectivity index (χ0) is 19.7. The molecule has 3 aromatic rings. The fourth-order valence-corrected chi connectivity index (χ4v) is 4.43. The Morgan fingerprint density at radius 3 is 2.89 bits per heavy atom. The normalized spacial score (nSPS) is 14.8. The number of aromatic nitrogens is 2. The minimum absolute atomic E-state index is 0.0598. The van der Waals surface area contributed by atoms with Gasteiger partial charge >= 0.3 is 0 Å². The first-order valence-corrected chi connectivity index (χ1v) is 10.6. The number of nitrogens with zero attached hydrogens (tertiary/aromatic N) is 2. The molecule has 28 heavy (non-hydrogen) atoms. The Labute approximate surface area is 169 Å². The van der Waals surface area contributed by atoms with Crippen molar-refractivity contribution in [2.75, 3.05) is 6.54 Å². The highest BCUT2D eigenvalue weighted by atomic mass is 32.1. The first-order valence-electron chi connectivity index (χ1n) is 9.73. The third-order valence-corrected chi connectivity index (χ3v) is 6.36. The number of aryl methyl sites for hydroxylation is 2. The topological polar surface area (TPSA) is 72.9 Å². The summed E-state index contributed by atoms with van der Waals surface area (Å²) in [6.45, 7) is 2.49. The lowest BCUT2D eigenvalue weighted by Crippen LogP contribution is -2.41. The molecule has 1 amide bonds. The van der Waals surface area contributed by atoms with E-state index in [1.807, 2.05) is 36.1 Å². The maximum absolute atomic E-state index is 12.8. The molecule has 0 saturated heterocycles. The minimum Gasteiger partial charge on any atom is -0.347 e. The summed E-state index contributed by atoms with van der Waals surface area (Å²) in [5.74, 6) is 0.562. The third kappa shape index (κ3) is 3.88. The molecule has 1 aromatic carbocycles. The van der Waals surface area contributed by atoms with Gasteiger partial charge in [-0.2, -0.15) is 5.10 Å². The molecule has 1 fully saturated rings. The largest absolute Gasteiger partial charge is 0.347 e. The van der Waals surface area contributed by atoms with Gasteiger partial charge in [-0.15, -0.1) is 11.3 Å². The Morgan fingerprint density at radius 2 is 2.18 bits per heavy atom. The molecular formula is C22H26N4OS. The van der Waals surface area contributed by atoms with Gasteiger partial charge in [-0.3, -0.25) is 9.48 Å². The van der Waals surface area contributed by atoms with Crippen LogP contribution in [0.2, 0.25) is 0 Å². The van der Waals surface area contributed by atoms with Gasteiger partial charge in [0, 0.05) is 36.1 Å². The molecule has 2 heterocycles. The van der Waals surface area contributed by atoms with Gasteiger partial charge in [0.25, 0.3) is 5.91 Å². The molecule has 1 aliphatic rings. The molecule has 4 rings (SSSR count). The van der Waals surface area contributed by atoms with Gasteiger partial charge in [0.1, 0.15) is 0 Å². The van der Waals surface area contributed by atoms with E-state index >= 15 is 0 Å². The number of nitrogens with one attached hydrogen (secondary N) is 1. The summed E-state index contributed by atoms with van der Waals surface area (Å²) in [5.41, 5.74) is 11.9. The third-order valence-electron chi connectivity index (χ3n) is 5.43.